The first-order valence-corrected chi connectivity index (χ1v) is 5.55. The zero-order chi connectivity index (χ0) is 13.6. The van der Waals surface area contributed by atoms with Crippen molar-refractivity contribution in [2.24, 2.45) is 5.73 Å². The maximum Gasteiger partial charge on any atom is 0.522 e. The second kappa shape index (κ2) is 6.61. The van der Waals surface area contributed by atoms with Crippen LogP contribution in [-0.4, -0.2) is 25.6 Å². The molecule has 1 aromatic carbocycles. The van der Waals surface area contributed by atoms with Crippen molar-refractivity contribution in [1.82, 2.24) is 0 Å². The van der Waals surface area contributed by atoms with E-state index in [-0.39, 0.29) is 12.6 Å². The van der Waals surface area contributed by atoms with E-state index in [0.29, 0.717) is 12.2 Å². The fourth-order valence-corrected chi connectivity index (χ4v) is 1.45. The third-order valence-corrected chi connectivity index (χ3v) is 2.07. The van der Waals surface area contributed by atoms with E-state index in [1.165, 1.54) is 0 Å². The van der Waals surface area contributed by atoms with Gasteiger partial charge in [0.05, 0.1) is 6.61 Å². The molecule has 1 unspecified atom stereocenters. The SMILES string of the molecule is CC(N)Cc1cccc(OCCOC(F)(F)F)c1. The zero-order valence-electron chi connectivity index (χ0n) is 10.0. The number of halogens is 3. The Kier molecular flexibility index (Phi) is 5.43. The summed E-state index contributed by atoms with van der Waals surface area (Å²) in [4.78, 5) is 0. The molecule has 1 aromatic rings. The average molecular weight is 263 g/mol. The van der Waals surface area contributed by atoms with Crippen molar-refractivity contribution in [1.29, 1.82) is 0 Å². The fourth-order valence-electron chi connectivity index (χ4n) is 1.45. The van der Waals surface area contributed by atoms with Crippen LogP contribution in [0.1, 0.15) is 12.5 Å². The largest absolute Gasteiger partial charge is 0.522 e. The highest BCUT2D eigenvalue weighted by Crippen LogP contribution is 2.17. The number of hydrogen-bond acceptors (Lipinski definition) is 3. The van der Waals surface area contributed by atoms with Crippen molar-refractivity contribution in [2.75, 3.05) is 13.2 Å². The molecule has 0 aliphatic rings. The molecule has 0 amide bonds. The molecule has 1 atom stereocenters. The van der Waals surface area contributed by atoms with Crippen LogP contribution in [0.2, 0.25) is 0 Å². The lowest BCUT2D eigenvalue weighted by Gasteiger charge is -2.10. The Hall–Kier alpha value is -1.27. The summed E-state index contributed by atoms with van der Waals surface area (Å²) in [7, 11) is 0. The molecule has 0 spiro atoms. The molecular formula is C12H16F3NO2. The highest BCUT2D eigenvalue weighted by Gasteiger charge is 2.28. The standard InChI is InChI=1S/C12H16F3NO2/c1-9(16)7-10-3-2-4-11(8-10)17-5-6-18-12(13,14)15/h2-4,8-9H,5-7,16H2,1H3. The van der Waals surface area contributed by atoms with Crippen molar-refractivity contribution in [2.45, 2.75) is 25.7 Å². The lowest BCUT2D eigenvalue weighted by Crippen LogP contribution is -2.18. The van der Waals surface area contributed by atoms with Gasteiger partial charge in [0, 0.05) is 6.04 Å². The first-order chi connectivity index (χ1) is 8.37. The smallest absolute Gasteiger partial charge is 0.491 e. The van der Waals surface area contributed by atoms with E-state index in [1.54, 1.807) is 18.2 Å². The van der Waals surface area contributed by atoms with Gasteiger partial charge in [0.1, 0.15) is 12.4 Å². The maximum atomic E-state index is 11.7. The summed E-state index contributed by atoms with van der Waals surface area (Å²) in [5, 5.41) is 0. The van der Waals surface area contributed by atoms with E-state index in [2.05, 4.69) is 4.74 Å². The summed E-state index contributed by atoms with van der Waals surface area (Å²) in [5.74, 6) is 0.513. The summed E-state index contributed by atoms with van der Waals surface area (Å²) in [6.07, 6.45) is -3.92. The molecule has 0 heterocycles. The van der Waals surface area contributed by atoms with Crippen LogP contribution in [0.4, 0.5) is 13.2 Å². The van der Waals surface area contributed by atoms with Crippen LogP contribution in [0.25, 0.3) is 0 Å². The number of nitrogens with two attached hydrogens (primary N) is 1. The predicted molar refractivity (Wildman–Crippen MR) is 61.3 cm³/mol. The van der Waals surface area contributed by atoms with Crippen molar-refractivity contribution in [3.63, 3.8) is 0 Å². The molecule has 2 N–H and O–H groups in total. The highest BCUT2D eigenvalue weighted by atomic mass is 19.4. The molecule has 0 fully saturated rings. The summed E-state index contributed by atoms with van der Waals surface area (Å²) in [5.41, 5.74) is 6.64. The van der Waals surface area contributed by atoms with Crippen molar-refractivity contribution in [3.8, 4) is 5.75 Å². The predicted octanol–water partition coefficient (Wildman–Crippen LogP) is 2.49. The molecule has 0 aliphatic heterocycles. The Morgan fingerprint density at radius 1 is 1.28 bits per heavy atom. The van der Waals surface area contributed by atoms with Gasteiger partial charge in [0.25, 0.3) is 0 Å². The molecule has 6 heteroatoms. The highest BCUT2D eigenvalue weighted by molar-refractivity contribution is 5.28. The normalized spacial score (nSPS) is 13.4. The quantitative estimate of drug-likeness (QED) is 0.802. The lowest BCUT2D eigenvalue weighted by molar-refractivity contribution is -0.325. The van der Waals surface area contributed by atoms with Gasteiger partial charge in [-0.2, -0.15) is 0 Å². The first-order valence-electron chi connectivity index (χ1n) is 5.55. The fraction of sp³-hybridized carbons (Fsp3) is 0.500. The number of alkyl halides is 3. The summed E-state index contributed by atoms with van der Waals surface area (Å²) >= 11 is 0. The van der Waals surface area contributed by atoms with Crippen molar-refractivity contribution in [3.05, 3.63) is 29.8 Å². The maximum absolute atomic E-state index is 11.7. The van der Waals surface area contributed by atoms with Gasteiger partial charge < -0.3 is 10.5 Å². The minimum absolute atomic E-state index is 0.0220. The van der Waals surface area contributed by atoms with E-state index in [4.69, 9.17) is 10.5 Å². The number of benzene rings is 1. The minimum Gasteiger partial charge on any atom is -0.491 e. The van der Waals surface area contributed by atoms with E-state index >= 15 is 0 Å². The second-order valence-electron chi connectivity index (χ2n) is 3.97. The van der Waals surface area contributed by atoms with E-state index in [9.17, 15) is 13.2 Å². The van der Waals surface area contributed by atoms with Gasteiger partial charge in [-0.1, -0.05) is 12.1 Å². The van der Waals surface area contributed by atoms with Crippen LogP contribution >= 0.6 is 0 Å². The Labute approximate surface area is 104 Å². The molecule has 0 bridgehead atoms. The van der Waals surface area contributed by atoms with Crippen LogP contribution in [0.3, 0.4) is 0 Å². The van der Waals surface area contributed by atoms with Crippen molar-refractivity contribution >= 4 is 0 Å². The van der Waals surface area contributed by atoms with Crippen LogP contribution < -0.4 is 10.5 Å². The van der Waals surface area contributed by atoms with Crippen molar-refractivity contribution < 1.29 is 22.6 Å². The zero-order valence-corrected chi connectivity index (χ0v) is 10.0. The number of hydrogen-bond donors (Lipinski definition) is 1. The first kappa shape index (κ1) is 14.8. The van der Waals surface area contributed by atoms with Gasteiger partial charge in [-0.3, -0.25) is 4.74 Å². The Bertz CT molecular complexity index is 367. The Morgan fingerprint density at radius 3 is 2.61 bits per heavy atom. The van der Waals surface area contributed by atoms with Gasteiger partial charge in [-0.05, 0) is 31.0 Å². The Balaban J connectivity index is 2.38. The topological polar surface area (TPSA) is 44.5 Å². The van der Waals surface area contributed by atoms with E-state index in [0.717, 1.165) is 5.56 Å². The average Bonchev–Trinajstić information content (AvgIpc) is 2.23. The molecule has 1 rings (SSSR count). The van der Waals surface area contributed by atoms with Gasteiger partial charge in [-0.25, -0.2) is 0 Å². The number of rotatable bonds is 6. The second-order valence-corrected chi connectivity index (χ2v) is 3.97. The summed E-state index contributed by atoms with van der Waals surface area (Å²) < 4.78 is 43.9. The molecular weight excluding hydrogens is 247 g/mol. The molecule has 0 saturated heterocycles. The monoisotopic (exact) mass is 263 g/mol. The third kappa shape index (κ3) is 6.46. The number of ether oxygens (including phenoxy) is 2. The molecule has 0 aliphatic carbocycles. The molecule has 18 heavy (non-hydrogen) atoms. The van der Waals surface area contributed by atoms with Gasteiger partial charge >= 0.3 is 6.36 Å². The Morgan fingerprint density at radius 2 is 2.00 bits per heavy atom. The van der Waals surface area contributed by atoms with Gasteiger partial charge in [0.2, 0.25) is 0 Å². The molecule has 3 nitrogen and oxygen atoms in total. The van der Waals surface area contributed by atoms with Gasteiger partial charge in [0.15, 0.2) is 0 Å². The summed E-state index contributed by atoms with van der Waals surface area (Å²) in [6.45, 7) is 1.20. The van der Waals surface area contributed by atoms with E-state index in [1.807, 2.05) is 13.0 Å². The van der Waals surface area contributed by atoms with E-state index < -0.39 is 13.0 Å². The molecule has 0 saturated carbocycles. The molecule has 0 aromatic heterocycles. The third-order valence-electron chi connectivity index (χ3n) is 2.07. The van der Waals surface area contributed by atoms with Crippen LogP contribution in [0.15, 0.2) is 24.3 Å². The minimum atomic E-state index is -4.61. The lowest BCUT2D eigenvalue weighted by atomic mass is 10.1. The summed E-state index contributed by atoms with van der Waals surface area (Å²) in [6, 6.07) is 7.13. The van der Waals surface area contributed by atoms with Crippen LogP contribution in [0, 0.1) is 0 Å². The molecule has 0 radical (unpaired) electrons. The van der Waals surface area contributed by atoms with Gasteiger partial charge in [-0.15, -0.1) is 13.2 Å². The molecule has 102 valence electrons. The van der Waals surface area contributed by atoms with Crippen LogP contribution in [0.5, 0.6) is 5.75 Å². The van der Waals surface area contributed by atoms with Crippen LogP contribution in [-0.2, 0) is 11.2 Å².